The van der Waals surface area contributed by atoms with Crippen LogP contribution in [-0.2, 0) is 4.74 Å². The number of hydrogen-bond acceptors (Lipinski definition) is 3. The van der Waals surface area contributed by atoms with Crippen molar-refractivity contribution in [1.82, 2.24) is 5.32 Å². The molecule has 1 saturated heterocycles. The van der Waals surface area contributed by atoms with Gasteiger partial charge in [0.15, 0.2) is 11.6 Å². The molecule has 3 nitrogen and oxygen atoms in total. The number of benzene rings is 1. The molecule has 1 atom stereocenters. The third kappa shape index (κ3) is 2.08. The van der Waals surface area contributed by atoms with E-state index < -0.39 is 17.7 Å². The van der Waals surface area contributed by atoms with Crippen LogP contribution in [0.15, 0.2) is 12.1 Å². The molecule has 0 aromatic heterocycles. The van der Waals surface area contributed by atoms with Crippen molar-refractivity contribution in [3.63, 3.8) is 0 Å². The lowest BCUT2D eigenvalue weighted by atomic mass is 10.1. The summed E-state index contributed by atoms with van der Waals surface area (Å²) in [6.45, 7) is 1.70. The number of phenols is 1. The molecule has 2 rings (SSSR count). The van der Waals surface area contributed by atoms with Crippen LogP contribution in [0.3, 0.4) is 0 Å². The average Bonchev–Trinajstić information content (AvgIpc) is 2.25. The van der Waals surface area contributed by atoms with Gasteiger partial charge in [-0.05, 0) is 6.07 Å². The Kier molecular flexibility index (Phi) is 2.83. The zero-order chi connectivity index (χ0) is 10.8. The minimum Gasteiger partial charge on any atom is -0.507 e. The van der Waals surface area contributed by atoms with Gasteiger partial charge in [-0.15, -0.1) is 0 Å². The Balaban J connectivity index is 2.30. The fourth-order valence-corrected chi connectivity index (χ4v) is 1.57. The Morgan fingerprint density at radius 3 is 2.73 bits per heavy atom. The normalized spacial score (nSPS) is 21.6. The third-order valence-corrected chi connectivity index (χ3v) is 2.34. The van der Waals surface area contributed by atoms with E-state index in [-0.39, 0.29) is 11.3 Å². The first kappa shape index (κ1) is 10.3. The fraction of sp³-hybridized carbons (Fsp3) is 0.400. The lowest BCUT2D eigenvalue weighted by Gasteiger charge is -2.24. The zero-order valence-corrected chi connectivity index (χ0v) is 7.96. The van der Waals surface area contributed by atoms with Gasteiger partial charge in [-0.2, -0.15) is 0 Å². The molecule has 1 aromatic rings. The highest BCUT2D eigenvalue weighted by Gasteiger charge is 2.21. The van der Waals surface area contributed by atoms with Gasteiger partial charge in [-0.3, -0.25) is 0 Å². The fourth-order valence-electron chi connectivity index (χ4n) is 1.57. The van der Waals surface area contributed by atoms with E-state index in [1.807, 2.05) is 0 Å². The molecule has 1 aliphatic rings. The molecule has 5 heteroatoms. The molecule has 0 aliphatic carbocycles. The maximum atomic E-state index is 13.0. The maximum Gasteiger partial charge on any atom is 0.162 e. The van der Waals surface area contributed by atoms with Gasteiger partial charge in [0.2, 0.25) is 0 Å². The molecular formula is C10H11F2NO2. The molecule has 1 fully saturated rings. The van der Waals surface area contributed by atoms with Gasteiger partial charge < -0.3 is 15.2 Å². The summed E-state index contributed by atoms with van der Waals surface area (Å²) in [7, 11) is 0. The number of halogens is 2. The van der Waals surface area contributed by atoms with Gasteiger partial charge in [0.1, 0.15) is 5.75 Å². The second-order valence-corrected chi connectivity index (χ2v) is 3.39. The summed E-state index contributed by atoms with van der Waals surface area (Å²) in [6, 6.07) is 1.74. The second-order valence-electron chi connectivity index (χ2n) is 3.39. The van der Waals surface area contributed by atoms with E-state index in [1.165, 1.54) is 0 Å². The lowest BCUT2D eigenvalue weighted by molar-refractivity contribution is 0.0260. The molecular weight excluding hydrogens is 204 g/mol. The molecule has 1 heterocycles. The van der Waals surface area contributed by atoms with Crippen LogP contribution in [0.25, 0.3) is 0 Å². The Labute approximate surface area is 85.7 Å². The molecule has 0 saturated carbocycles. The highest BCUT2D eigenvalue weighted by molar-refractivity contribution is 5.35. The molecule has 1 aromatic carbocycles. The van der Waals surface area contributed by atoms with Gasteiger partial charge in [-0.1, -0.05) is 0 Å². The van der Waals surface area contributed by atoms with Crippen molar-refractivity contribution >= 4 is 0 Å². The number of morpholine rings is 1. The predicted octanol–water partition coefficient (Wildman–Crippen LogP) is 1.33. The number of rotatable bonds is 1. The van der Waals surface area contributed by atoms with Gasteiger partial charge in [0, 0.05) is 24.7 Å². The van der Waals surface area contributed by atoms with E-state index in [0.29, 0.717) is 13.2 Å². The molecule has 0 spiro atoms. The molecule has 1 aliphatic heterocycles. The molecule has 0 amide bonds. The van der Waals surface area contributed by atoms with E-state index in [2.05, 4.69) is 5.32 Å². The Bertz CT molecular complexity index is 365. The predicted molar refractivity (Wildman–Crippen MR) is 49.6 cm³/mol. The molecule has 2 N–H and O–H groups in total. The minimum absolute atomic E-state index is 0.275. The van der Waals surface area contributed by atoms with Crippen molar-refractivity contribution in [3.05, 3.63) is 29.3 Å². The van der Waals surface area contributed by atoms with Crippen molar-refractivity contribution in [2.24, 2.45) is 0 Å². The quantitative estimate of drug-likeness (QED) is 0.742. The highest BCUT2D eigenvalue weighted by atomic mass is 19.2. The van der Waals surface area contributed by atoms with Crippen LogP contribution in [0.5, 0.6) is 5.75 Å². The standard InChI is InChI=1S/C10H11F2NO2/c11-7-3-6(9(14)4-8(7)12)10-5-13-1-2-15-10/h3-4,10,13-14H,1-2,5H2. The number of nitrogens with one attached hydrogen (secondary N) is 1. The smallest absolute Gasteiger partial charge is 0.162 e. The van der Waals surface area contributed by atoms with Crippen LogP contribution >= 0.6 is 0 Å². The van der Waals surface area contributed by atoms with E-state index in [0.717, 1.165) is 18.7 Å². The summed E-state index contributed by atoms with van der Waals surface area (Å²) in [5, 5.41) is 12.5. The largest absolute Gasteiger partial charge is 0.507 e. The van der Waals surface area contributed by atoms with Crippen LogP contribution in [0, 0.1) is 11.6 Å². The number of ether oxygens (including phenoxy) is 1. The van der Waals surface area contributed by atoms with Crippen molar-refractivity contribution in [2.75, 3.05) is 19.7 Å². The molecule has 0 radical (unpaired) electrons. The van der Waals surface area contributed by atoms with Crippen LogP contribution < -0.4 is 5.32 Å². The van der Waals surface area contributed by atoms with E-state index in [9.17, 15) is 13.9 Å². The lowest BCUT2D eigenvalue weighted by Crippen LogP contribution is -2.33. The first-order chi connectivity index (χ1) is 7.18. The summed E-state index contributed by atoms with van der Waals surface area (Å²) < 4.78 is 31.0. The van der Waals surface area contributed by atoms with Crippen LogP contribution in [-0.4, -0.2) is 24.8 Å². The molecule has 1 unspecified atom stereocenters. The Morgan fingerprint density at radius 1 is 1.33 bits per heavy atom. The van der Waals surface area contributed by atoms with Crippen molar-refractivity contribution in [2.45, 2.75) is 6.10 Å². The Hall–Kier alpha value is -1.20. The number of hydrogen-bond donors (Lipinski definition) is 2. The number of aromatic hydroxyl groups is 1. The Morgan fingerprint density at radius 2 is 2.07 bits per heavy atom. The first-order valence-electron chi connectivity index (χ1n) is 4.68. The maximum absolute atomic E-state index is 13.0. The molecule has 0 bridgehead atoms. The topological polar surface area (TPSA) is 41.5 Å². The van der Waals surface area contributed by atoms with Gasteiger partial charge in [0.05, 0.1) is 12.7 Å². The van der Waals surface area contributed by atoms with Gasteiger partial charge in [-0.25, -0.2) is 8.78 Å². The number of phenolic OH excluding ortho intramolecular Hbond substituents is 1. The average molecular weight is 215 g/mol. The van der Waals surface area contributed by atoms with Gasteiger partial charge in [0.25, 0.3) is 0 Å². The summed E-state index contributed by atoms with van der Waals surface area (Å²) in [5.41, 5.74) is 0.279. The molecule has 15 heavy (non-hydrogen) atoms. The van der Waals surface area contributed by atoms with Gasteiger partial charge >= 0.3 is 0 Å². The summed E-state index contributed by atoms with van der Waals surface area (Å²) in [5.74, 6) is -2.31. The SMILES string of the molecule is Oc1cc(F)c(F)cc1C1CNCCO1. The third-order valence-electron chi connectivity index (χ3n) is 2.34. The van der Waals surface area contributed by atoms with E-state index in [1.54, 1.807) is 0 Å². The zero-order valence-electron chi connectivity index (χ0n) is 7.96. The second kappa shape index (κ2) is 4.12. The van der Waals surface area contributed by atoms with Crippen LogP contribution in [0.4, 0.5) is 8.78 Å². The van der Waals surface area contributed by atoms with Crippen LogP contribution in [0.1, 0.15) is 11.7 Å². The first-order valence-corrected chi connectivity index (χ1v) is 4.68. The van der Waals surface area contributed by atoms with E-state index >= 15 is 0 Å². The van der Waals surface area contributed by atoms with Crippen molar-refractivity contribution in [1.29, 1.82) is 0 Å². The van der Waals surface area contributed by atoms with Crippen LogP contribution in [0.2, 0.25) is 0 Å². The minimum atomic E-state index is -1.06. The summed E-state index contributed by atoms with van der Waals surface area (Å²) in [6.07, 6.45) is -0.422. The highest BCUT2D eigenvalue weighted by Crippen LogP contribution is 2.29. The van der Waals surface area contributed by atoms with Crippen molar-refractivity contribution in [3.8, 4) is 5.75 Å². The monoisotopic (exact) mass is 215 g/mol. The van der Waals surface area contributed by atoms with E-state index in [4.69, 9.17) is 4.74 Å². The van der Waals surface area contributed by atoms with Crippen molar-refractivity contribution < 1.29 is 18.6 Å². The summed E-state index contributed by atoms with van der Waals surface area (Å²) >= 11 is 0. The molecule has 82 valence electrons. The summed E-state index contributed by atoms with van der Waals surface area (Å²) in [4.78, 5) is 0.